The Morgan fingerprint density at radius 3 is 2.12 bits per heavy atom. The molecule has 10 nitrogen and oxygen atoms in total. The van der Waals surface area contributed by atoms with Crippen LogP contribution in [0, 0.1) is 6.92 Å². The van der Waals surface area contributed by atoms with Gasteiger partial charge in [0.25, 0.3) is 0 Å². The second-order valence-electron chi connectivity index (χ2n) is 12.3. The number of halogens is 6. The average Bonchev–Trinajstić information content (AvgIpc) is 3.80. The molecule has 1 aliphatic carbocycles. The smallest absolute Gasteiger partial charge is 0.416 e. The van der Waals surface area contributed by atoms with Gasteiger partial charge in [-0.25, -0.2) is 28.0 Å². The molecule has 6 rings (SSSR count). The summed E-state index contributed by atoms with van der Waals surface area (Å²) in [5.74, 6) is -0.785. The number of aromatic nitrogens is 2. The molecule has 268 valence electrons. The van der Waals surface area contributed by atoms with Gasteiger partial charge in [0.2, 0.25) is 15.0 Å². The van der Waals surface area contributed by atoms with Crippen molar-refractivity contribution in [3.05, 3.63) is 94.3 Å². The molecule has 1 aromatic heterocycles. The normalized spacial score (nSPS) is 17.1. The lowest BCUT2D eigenvalue weighted by molar-refractivity contribution is -0.143. The minimum Gasteiger partial charge on any atom is -0.497 e. The van der Waals surface area contributed by atoms with Crippen molar-refractivity contribution < 1.29 is 58.9 Å². The Morgan fingerprint density at radius 2 is 1.61 bits per heavy atom. The number of carboxylic acid groups (broad SMARTS) is 1. The number of benzene rings is 3. The zero-order valence-electron chi connectivity index (χ0n) is 26.9. The van der Waals surface area contributed by atoms with E-state index in [1.165, 1.54) is 13.2 Å². The van der Waals surface area contributed by atoms with E-state index in [1.54, 1.807) is 37.3 Å². The molecule has 4 aromatic rings. The van der Waals surface area contributed by atoms with Crippen LogP contribution in [-0.2, 0) is 33.5 Å². The van der Waals surface area contributed by atoms with Crippen molar-refractivity contribution in [1.29, 1.82) is 0 Å². The number of sulfone groups is 1. The van der Waals surface area contributed by atoms with E-state index in [4.69, 9.17) is 9.47 Å². The molecule has 51 heavy (non-hydrogen) atoms. The molecule has 17 heteroatoms. The first-order valence-corrected chi connectivity index (χ1v) is 17.0. The molecule has 1 atom stereocenters. The molecule has 1 saturated heterocycles. The molecule has 2 aliphatic rings. The van der Waals surface area contributed by atoms with E-state index in [1.807, 2.05) is 0 Å². The number of hydrogen-bond acceptors (Lipinski definition) is 8. The number of carbonyl (C=O) groups excluding carboxylic acids is 1. The van der Waals surface area contributed by atoms with Crippen molar-refractivity contribution in [2.45, 2.75) is 55.5 Å². The highest BCUT2D eigenvalue weighted by atomic mass is 32.2. The predicted octanol–water partition coefficient (Wildman–Crippen LogP) is 7.49. The number of alkyl halides is 6. The van der Waals surface area contributed by atoms with Crippen molar-refractivity contribution in [3.63, 3.8) is 0 Å². The van der Waals surface area contributed by atoms with E-state index in [0.717, 1.165) is 17.4 Å². The zero-order valence-corrected chi connectivity index (χ0v) is 27.7. The summed E-state index contributed by atoms with van der Waals surface area (Å²) in [5, 5.41) is 9.53. The van der Waals surface area contributed by atoms with Gasteiger partial charge in [-0.2, -0.15) is 26.3 Å². The van der Waals surface area contributed by atoms with Crippen molar-refractivity contribution >= 4 is 21.9 Å². The third-order valence-corrected chi connectivity index (χ3v) is 9.85. The van der Waals surface area contributed by atoms with Crippen molar-refractivity contribution in [3.8, 4) is 28.0 Å². The molecule has 1 amide bonds. The summed E-state index contributed by atoms with van der Waals surface area (Å²) in [7, 11) is -2.58. The van der Waals surface area contributed by atoms with Gasteiger partial charge in [-0.05, 0) is 78.4 Å². The van der Waals surface area contributed by atoms with Crippen molar-refractivity contribution in [2.75, 3.05) is 13.4 Å². The van der Waals surface area contributed by atoms with Gasteiger partial charge in [0.1, 0.15) is 5.75 Å². The van der Waals surface area contributed by atoms with Crippen LogP contribution in [0.5, 0.6) is 5.75 Å². The molecule has 1 saturated carbocycles. The number of cyclic esters (lactones) is 1. The first kappa shape index (κ1) is 35.6. The summed E-state index contributed by atoms with van der Waals surface area (Å²) >= 11 is 0. The Balaban J connectivity index is 1.49. The van der Waals surface area contributed by atoms with E-state index < -0.39 is 74.3 Å². The van der Waals surface area contributed by atoms with Gasteiger partial charge in [0.05, 0.1) is 41.6 Å². The number of ether oxygens (including phenoxy) is 2. The SMILES string of the molecule is COc1ccc(-c2ccc(C(=O)O)c(-c3cnc(S(C)(=O)=O)nc3CN3C(=O)OC(c4cc(C(F)(F)F)cc(C(F)(F)F)c4)C34CC4)c2C)cc1. The second-order valence-corrected chi connectivity index (χ2v) is 14.2. The summed E-state index contributed by atoms with van der Waals surface area (Å²) in [5.41, 5.74) is -3.67. The quantitative estimate of drug-likeness (QED) is 0.144. The minimum absolute atomic E-state index is 0.0261. The summed E-state index contributed by atoms with van der Waals surface area (Å²) < 4.78 is 118. The Bertz CT molecular complexity index is 2150. The van der Waals surface area contributed by atoms with Gasteiger partial charge < -0.3 is 14.6 Å². The molecule has 1 spiro atoms. The number of methoxy groups -OCH3 is 1. The van der Waals surface area contributed by atoms with Crippen LogP contribution < -0.4 is 4.74 Å². The zero-order chi connectivity index (χ0) is 37.3. The Hall–Kier alpha value is -5.19. The van der Waals surface area contributed by atoms with Gasteiger partial charge in [-0.3, -0.25) is 4.90 Å². The summed E-state index contributed by atoms with van der Waals surface area (Å²) in [6.45, 7) is 1.08. The highest BCUT2D eigenvalue weighted by Crippen LogP contribution is 2.58. The molecule has 1 N–H and O–H groups in total. The number of nitrogens with zero attached hydrogens (tertiary/aromatic N) is 3. The Morgan fingerprint density at radius 1 is 1.00 bits per heavy atom. The van der Waals surface area contributed by atoms with Gasteiger partial charge in [0, 0.05) is 23.6 Å². The maximum absolute atomic E-state index is 13.7. The molecule has 0 radical (unpaired) electrons. The van der Waals surface area contributed by atoms with E-state index in [-0.39, 0.29) is 41.3 Å². The number of amides is 1. The lowest BCUT2D eigenvalue weighted by Crippen LogP contribution is -2.36. The summed E-state index contributed by atoms with van der Waals surface area (Å²) in [6.07, 6.45) is -10.8. The van der Waals surface area contributed by atoms with Crippen LogP contribution in [0.2, 0.25) is 0 Å². The molecule has 0 bridgehead atoms. The van der Waals surface area contributed by atoms with Gasteiger partial charge in [-0.15, -0.1) is 0 Å². The monoisotopic (exact) mass is 735 g/mol. The fourth-order valence-corrected chi connectivity index (χ4v) is 6.89. The molecule has 1 aliphatic heterocycles. The first-order valence-electron chi connectivity index (χ1n) is 15.1. The van der Waals surface area contributed by atoms with E-state index >= 15 is 0 Å². The van der Waals surface area contributed by atoms with Crippen LogP contribution in [0.4, 0.5) is 31.1 Å². The van der Waals surface area contributed by atoms with E-state index in [2.05, 4.69) is 9.97 Å². The van der Waals surface area contributed by atoms with Gasteiger partial charge in [0.15, 0.2) is 6.10 Å². The third kappa shape index (κ3) is 6.57. The maximum atomic E-state index is 13.7. The average molecular weight is 736 g/mol. The summed E-state index contributed by atoms with van der Waals surface area (Å²) in [4.78, 5) is 35.2. The fourth-order valence-electron chi connectivity index (χ4n) is 6.37. The Labute approximate surface area is 286 Å². The topological polar surface area (TPSA) is 136 Å². The molecule has 3 aromatic carbocycles. The molecule has 1 unspecified atom stereocenters. The number of aromatic carboxylic acids is 1. The van der Waals surface area contributed by atoms with Crippen LogP contribution in [0.25, 0.3) is 22.3 Å². The standard InChI is InChI=1S/C34H27F6N3O7S/c1-17-23(18-4-6-22(49-2)7-5-18)8-9-24(29(44)45)27(17)25-15-41-30(51(3,47)48)42-26(25)16-43-31(46)50-28(32(43)10-11-32)19-12-20(33(35,36)37)14-21(13-19)34(38,39)40/h4-9,12-15,28H,10-11,16H2,1-3H3,(H,44,45). The lowest BCUT2D eigenvalue weighted by atomic mass is 9.88. The molecular weight excluding hydrogens is 708 g/mol. The highest BCUT2D eigenvalue weighted by molar-refractivity contribution is 7.90. The highest BCUT2D eigenvalue weighted by Gasteiger charge is 2.64. The largest absolute Gasteiger partial charge is 0.497 e. The first-order chi connectivity index (χ1) is 23.7. The van der Waals surface area contributed by atoms with Crippen molar-refractivity contribution in [1.82, 2.24) is 14.9 Å². The lowest BCUT2D eigenvalue weighted by Gasteiger charge is -2.26. The van der Waals surface area contributed by atoms with Crippen molar-refractivity contribution in [2.24, 2.45) is 0 Å². The molecule has 2 heterocycles. The summed E-state index contributed by atoms with van der Waals surface area (Å²) in [6, 6.07) is 10.8. The number of carboxylic acids is 1. The van der Waals surface area contributed by atoms with Crippen LogP contribution in [0.1, 0.15) is 57.3 Å². The van der Waals surface area contributed by atoms with E-state index in [0.29, 0.717) is 34.6 Å². The minimum atomic E-state index is -5.15. The Kier molecular flexibility index (Phi) is 8.55. The van der Waals surface area contributed by atoms with Gasteiger partial charge >= 0.3 is 24.4 Å². The molecule has 2 fully saturated rings. The van der Waals surface area contributed by atoms with E-state index in [9.17, 15) is 49.5 Å². The number of rotatable bonds is 8. The van der Waals surface area contributed by atoms with Gasteiger partial charge in [-0.1, -0.05) is 18.2 Å². The van der Waals surface area contributed by atoms with Crippen LogP contribution in [-0.4, -0.2) is 59.4 Å². The van der Waals surface area contributed by atoms with Crippen LogP contribution >= 0.6 is 0 Å². The van der Waals surface area contributed by atoms with Crippen LogP contribution in [0.15, 0.2) is 66.0 Å². The maximum Gasteiger partial charge on any atom is 0.416 e. The number of hydrogen-bond donors (Lipinski definition) is 1. The fraction of sp³-hybridized carbons (Fsp3) is 0.294. The predicted molar refractivity (Wildman–Crippen MR) is 167 cm³/mol. The number of carbonyl (C=O) groups is 2. The second kappa shape index (κ2) is 12.2. The third-order valence-electron chi connectivity index (χ3n) is 8.99. The van der Waals surface area contributed by atoms with Crippen LogP contribution in [0.3, 0.4) is 0 Å². The molecular formula is C34H27F6N3O7S.